The molecule has 1 aromatic heterocycles. The fourth-order valence-corrected chi connectivity index (χ4v) is 1.08. The van der Waals surface area contributed by atoms with Gasteiger partial charge in [0.1, 0.15) is 5.69 Å². The van der Waals surface area contributed by atoms with Gasteiger partial charge in [0.15, 0.2) is 0 Å². The minimum absolute atomic E-state index is 0.830. The first kappa shape index (κ1) is 6.34. The Hall–Kier alpha value is -1.38. The molecular weight excluding hydrogens is 138 g/mol. The smallest absolute Gasteiger partial charge is 0.104 e. The van der Waals surface area contributed by atoms with Crippen LogP contribution in [-0.2, 0) is 0 Å². The van der Waals surface area contributed by atoms with Crippen molar-refractivity contribution >= 4 is 11.9 Å². The SMILES string of the molecule is C1=NCCNc2cccnc21. The molecule has 0 amide bonds. The number of aromatic nitrogens is 1. The van der Waals surface area contributed by atoms with Crippen LogP contribution in [-0.4, -0.2) is 24.3 Å². The van der Waals surface area contributed by atoms with Crippen molar-refractivity contribution in [3.05, 3.63) is 24.0 Å². The second kappa shape index (κ2) is 2.70. The molecule has 11 heavy (non-hydrogen) atoms. The molecule has 0 atom stereocenters. The highest BCUT2D eigenvalue weighted by Gasteiger charge is 2.01. The van der Waals surface area contributed by atoms with Crippen LogP contribution in [0.4, 0.5) is 5.69 Å². The minimum atomic E-state index is 0.830. The maximum Gasteiger partial charge on any atom is 0.104 e. The van der Waals surface area contributed by atoms with Gasteiger partial charge in [-0.25, -0.2) is 0 Å². The van der Waals surface area contributed by atoms with Crippen LogP contribution < -0.4 is 5.32 Å². The van der Waals surface area contributed by atoms with E-state index in [4.69, 9.17) is 0 Å². The van der Waals surface area contributed by atoms with E-state index in [0.717, 1.165) is 24.5 Å². The normalized spacial score (nSPS) is 14.9. The quantitative estimate of drug-likeness (QED) is 0.592. The molecule has 0 unspecified atom stereocenters. The lowest BCUT2D eigenvalue weighted by Crippen LogP contribution is -2.03. The summed E-state index contributed by atoms with van der Waals surface area (Å²) in [5.74, 6) is 0. The lowest BCUT2D eigenvalue weighted by atomic mass is 10.3. The Morgan fingerprint density at radius 3 is 3.45 bits per heavy atom. The molecule has 0 radical (unpaired) electrons. The molecule has 0 spiro atoms. The second-order valence-corrected chi connectivity index (χ2v) is 2.40. The van der Waals surface area contributed by atoms with Gasteiger partial charge in [-0.1, -0.05) is 0 Å². The highest BCUT2D eigenvalue weighted by Crippen LogP contribution is 2.10. The standard InChI is InChI=1S/C8H9N3/c1-2-7-8(10-3-1)6-9-4-5-11-7/h1-3,6,11H,4-5H2. The first-order chi connectivity index (χ1) is 5.47. The summed E-state index contributed by atoms with van der Waals surface area (Å²) < 4.78 is 0. The van der Waals surface area contributed by atoms with Crippen LogP contribution in [0, 0.1) is 0 Å². The number of nitrogens with zero attached hydrogens (tertiary/aromatic N) is 2. The van der Waals surface area contributed by atoms with Crippen molar-refractivity contribution in [3.63, 3.8) is 0 Å². The summed E-state index contributed by atoms with van der Waals surface area (Å²) in [6.07, 6.45) is 3.59. The van der Waals surface area contributed by atoms with Crippen molar-refractivity contribution in [1.29, 1.82) is 0 Å². The van der Waals surface area contributed by atoms with E-state index in [1.54, 1.807) is 6.20 Å². The van der Waals surface area contributed by atoms with E-state index in [0.29, 0.717) is 0 Å². The van der Waals surface area contributed by atoms with Crippen molar-refractivity contribution in [1.82, 2.24) is 4.98 Å². The molecule has 3 nitrogen and oxygen atoms in total. The van der Waals surface area contributed by atoms with Crippen LogP contribution >= 0.6 is 0 Å². The molecule has 0 saturated carbocycles. The van der Waals surface area contributed by atoms with Gasteiger partial charge in [-0.15, -0.1) is 0 Å². The molecule has 0 fully saturated rings. The van der Waals surface area contributed by atoms with E-state index in [-0.39, 0.29) is 0 Å². The third kappa shape index (κ3) is 1.22. The highest BCUT2D eigenvalue weighted by molar-refractivity contribution is 5.85. The topological polar surface area (TPSA) is 37.3 Å². The van der Waals surface area contributed by atoms with Gasteiger partial charge in [0, 0.05) is 19.0 Å². The van der Waals surface area contributed by atoms with Gasteiger partial charge in [-0.3, -0.25) is 9.98 Å². The van der Waals surface area contributed by atoms with Gasteiger partial charge < -0.3 is 5.32 Å². The summed E-state index contributed by atoms with van der Waals surface area (Å²) in [7, 11) is 0. The summed E-state index contributed by atoms with van der Waals surface area (Å²) in [5, 5.41) is 3.24. The third-order valence-corrected chi connectivity index (χ3v) is 1.61. The largest absolute Gasteiger partial charge is 0.381 e. The Kier molecular flexibility index (Phi) is 1.55. The molecule has 0 aromatic carbocycles. The van der Waals surface area contributed by atoms with Crippen LogP contribution in [0.15, 0.2) is 23.3 Å². The Morgan fingerprint density at radius 1 is 1.45 bits per heavy atom. The number of pyridine rings is 1. The molecule has 0 saturated heterocycles. The summed E-state index contributed by atoms with van der Waals surface area (Å²) in [6, 6.07) is 3.94. The predicted molar refractivity (Wildman–Crippen MR) is 45.2 cm³/mol. The number of rotatable bonds is 0. The molecular formula is C8H9N3. The van der Waals surface area contributed by atoms with Crippen molar-refractivity contribution in [2.45, 2.75) is 0 Å². The van der Waals surface area contributed by atoms with Crippen LogP contribution in [0.5, 0.6) is 0 Å². The molecule has 1 aliphatic rings. The molecule has 0 bridgehead atoms. The first-order valence-electron chi connectivity index (χ1n) is 3.65. The van der Waals surface area contributed by atoms with Gasteiger partial charge in [-0.2, -0.15) is 0 Å². The molecule has 1 N–H and O–H groups in total. The molecule has 2 rings (SSSR count). The Morgan fingerprint density at radius 2 is 2.45 bits per heavy atom. The van der Waals surface area contributed by atoms with E-state index in [1.807, 2.05) is 18.3 Å². The van der Waals surface area contributed by atoms with E-state index in [2.05, 4.69) is 15.3 Å². The molecule has 0 aliphatic carbocycles. The summed E-state index contributed by atoms with van der Waals surface area (Å²) in [6.45, 7) is 1.73. The Bertz CT molecular complexity index is 280. The van der Waals surface area contributed by atoms with Gasteiger partial charge in [0.2, 0.25) is 0 Å². The zero-order valence-corrected chi connectivity index (χ0v) is 6.12. The van der Waals surface area contributed by atoms with Crippen molar-refractivity contribution < 1.29 is 0 Å². The zero-order valence-electron chi connectivity index (χ0n) is 6.12. The third-order valence-electron chi connectivity index (χ3n) is 1.61. The summed E-state index contributed by atoms with van der Waals surface area (Å²) in [5.41, 5.74) is 2.01. The first-order valence-corrected chi connectivity index (χ1v) is 3.65. The maximum atomic E-state index is 4.17. The van der Waals surface area contributed by atoms with Crippen molar-refractivity contribution in [3.8, 4) is 0 Å². The molecule has 56 valence electrons. The monoisotopic (exact) mass is 147 g/mol. The van der Waals surface area contributed by atoms with E-state index in [9.17, 15) is 0 Å². The minimum Gasteiger partial charge on any atom is -0.381 e. The molecule has 1 aromatic rings. The van der Waals surface area contributed by atoms with Crippen LogP contribution in [0.25, 0.3) is 0 Å². The highest BCUT2D eigenvalue weighted by atomic mass is 14.9. The van der Waals surface area contributed by atoms with Crippen molar-refractivity contribution in [2.24, 2.45) is 4.99 Å². The number of hydrogen-bond acceptors (Lipinski definition) is 3. The zero-order chi connectivity index (χ0) is 7.52. The summed E-state index contributed by atoms with van der Waals surface area (Å²) in [4.78, 5) is 8.33. The van der Waals surface area contributed by atoms with Crippen LogP contribution in [0.3, 0.4) is 0 Å². The Labute approximate surface area is 65.2 Å². The van der Waals surface area contributed by atoms with E-state index < -0.39 is 0 Å². The van der Waals surface area contributed by atoms with Crippen LogP contribution in [0.1, 0.15) is 5.69 Å². The average Bonchev–Trinajstić information content (AvgIpc) is 2.28. The molecule has 3 heteroatoms. The fourth-order valence-electron chi connectivity index (χ4n) is 1.08. The van der Waals surface area contributed by atoms with Gasteiger partial charge >= 0.3 is 0 Å². The van der Waals surface area contributed by atoms with Gasteiger partial charge in [0.25, 0.3) is 0 Å². The lowest BCUT2D eigenvalue weighted by molar-refractivity contribution is 1.04. The number of nitrogens with one attached hydrogen (secondary N) is 1. The molecule has 2 heterocycles. The van der Waals surface area contributed by atoms with E-state index in [1.165, 1.54) is 0 Å². The fraction of sp³-hybridized carbons (Fsp3) is 0.250. The predicted octanol–water partition coefficient (Wildman–Crippen LogP) is 0.926. The van der Waals surface area contributed by atoms with Crippen LogP contribution in [0.2, 0.25) is 0 Å². The van der Waals surface area contributed by atoms with E-state index >= 15 is 0 Å². The van der Waals surface area contributed by atoms with Crippen molar-refractivity contribution in [2.75, 3.05) is 18.4 Å². The maximum absolute atomic E-state index is 4.17. The summed E-state index contributed by atoms with van der Waals surface area (Å²) >= 11 is 0. The number of aliphatic imine (C=N–C) groups is 1. The van der Waals surface area contributed by atoms with Gasteiger partial charge in [-0.05, 0) is 12.1 Å². The average molecular weight is 147 g/mol. The molecule has 1 aliphatic heterocycles. The number of hydrogen-bond donors (Lipinski definition) is 1. The number of anilines is 1. The Balaban J connectivity index is 2.45. The van der Waals surface area contributed by atoms with Gasteiger partial charge in [0.05, 0.1) is 12.2 Å². The lowest BCUT2D eigenvalue weighted by Gasteiger charge is -2.02. The number of fused-ring (bicyclic) bond motifs is 1. The second-order valence-electron chi connectivity index (χ2n) is 2.40.